The van der Waals surface area contributed by atoms with E-state index in [4.69, 9.17) is 4.74 Å². The summed E-state index contributed by atoms with van der Waals surface area (Å²) in [5.74, 6) is -0.485. The van der Waals surface area contributed by atoms with E-state index in [0.717, 1.165) is 11.1 Å². The maximum absolute atomic E-state index is 12.9. The zero-order chi connectivity index (χ0) is 21.9. The highest BCUT2D eigenvalue weighted by atomic mass is 16.5. The molecule has 0 fully saturated rings. The maximum atomic E-state index is 12.9. The maximum Gasteiger partial charge on any atom is 0.240 e. The first-order valence-corrected chi connectivity index (χ1v) is 9.74. The number of ether oxygens (including phenoxy) is 1. The van der Waals surface area contributed by atoms with E-state index in [0.29, 0.717) is 24.7 Å². The Morgan fingerprint density at radius 1 is 1.03 bits per heavy atom. The molecule has 2 aromatic rings. The van der Waals surface area contributed by atoms with Crippen molar-refractivity contribution >= 4 is 29.2 Å². The number of methoxy groups -OCH3 is 1. The second-order valence-corrected chi connectivity index (χ2v) is 6.93. The average Bonchev–Trinajstić information content (AvgIpc) is 2.70. The third-order valence-electron chi connectivity index (χ3n) is 4.25. The van der Waals surface area contributed by atoms with E-state index in [1.54, 1.807) is 31.5 Å². The summed E-state index contributed by atoms with van der Waals surface area (Å²) in [4.78, 5) is 42.8. The van der Waals surface area contributed by atoms with Gasteiger partial charge in [-0.2, -0.15) is 0 Å². The van der Waals surface area contributed by atoms with Gasteiger partial charge in [-0.3, -0.25) is 14.4 Å². The molecule has 0 aliphatic rings. The van der Waals surface area contributed by atoms with Gasteiger partial charge in [0, 0.05) is 38.4 Å². The molecule has 1 heterocycles. The Hall–Kier alpha value is -3.26. The molecule has 160 valence electrons. The summed E-state index contributed by atoms with van der Waals surface area (Å²) in [5, 5.41) is 5.38. The lowest BCUT2D eigenvalue weighted by molar-refractivity contribution is -0.125. The number of nitrogens with zero attached hydrogens (tertiary/aromatic N) is 2. The van der Waals surface area contributed by atoms with Crippen molar-refractivity contribution < 1.29 is 19.1 Å². The van der Waals surface area contributed by atoms with Crippen molar-refractivity contribution in [3.63, 3.8) is 0 Å². The van der Waals surface area contributed by atoms with Gasteiger partial charge in [-0.25, -0.2) is 4.98 Å². The fraction of sp³-hybridized carbons (Fsp3) is 0.364. The number of hydrogen-bond acceptors (Lipinski definition) is 5. The molecule has 0 atom stereocenters. The number of hydrogen-bond donors (Lipinski definition) is 2. The summed E-state index contributed by atoms with van der Waals surface area (Å²) in [7, 11) is 1.55. The van der Waals surface area contributed by atoms with Crippen LogP contribution >= 0.6 is 0 Å². The second-order valence-electron chi connectivity index (χ2n) is 6.93. The van der Waals surface area contributed by atoms with Crippen LogP contribution in [0.25, 0.3) is 0 Å². The lowest BCUT2D eigenvalue weighted by Crippen LogP contribution is -2.42. The number of aryl methyl sites for hydroxylation is 2. The highest BCUT2D eigenvalue weighted by molar-refractivity contribution is 6.01. The lowest BCUT2D eigenvalue weighted by Gasteiger charge is -2.23. The molecule has 0 aliphatic heterocycles. The van der Waals surface area contributed by atoms with Gasteiger partial charge in [-0.1, -0.05) is 12.1 Å². The smallest absolute Gasteiger partial charge is 0.240 e. The Labute approximate surface area is 176 Å². The van der Waals surface area contributed by atoms with Gasteiger partial charge in [0.2, 0.25) is 17.7 Å². The second kappa shape index (κ2) is 11.7. The van der Waals surface area contributed by atoms with Crippen LogP contribution in [-0.4, -0.2) is 49.5 Å². The van der Waals surface area contributed by atoms with Crippen molar-refractivity contribution in [2.75, 3.05) is 37.0 Å². The Morgan fingerprint density at radius 2 is 1.77 bits per heavy atom. The van der Waals surface area contributed by atoms with Crippen molar-refractivity contribution in [3.05, 3.63) is 53.7 Å². The number of rotatable bonds is 10. The topological polar surface area (TPSA) is 101 Å². The van der Waals surface area contributed by atoms with E-state index in [1.165, 1.54) is 4.90 Å². The highest BCUT2D eigenvalue weighted by Crippen LogP contribution is 2.20. The molecule has 2 N–H and O–H groups in total. The summed E-state index contributed by atoms with van der Waals surface area (Å²) in [5.41, 5.74) is 2.59. The van der Waals surface area contributed by atoms with Crippen molar-refractivity contribution in [1.82, 2.24) is 10.3 Å². The van der Waals surface area contributed by atoms with Crippen molar-refractivity contribution in [2.24, 2.45) is 0 Å². The number of benzene rings is 1. The fourth-order valence-electron chi connectivity index (χ4n) is 2.92. The molecule has 8 nitrogen and oxygen atoms in total. The van der Waals surface area contributed by atoms with Gasteiger partial charge in [0.1, 0.15) is 12.4 Å². The molecule has 30 heavy (non-hydrogen) atoms. The molecule has 0 bridgehead atoms. The molecular formula is C22H28N4O4. The van der Waals surface area contributed by atoms with Gasteiger partial charge in [0.25, 0.3) is 0 Å². The van der Waals surface area contributed by atoms with E-state index >= 15 is 0 Å². The molecule has 0 saturated carbocycles. The van der Waals surface area contributed by atoms with E-state index < -0.39 is 0 Å². The van der Waals surface area contributed by atoms with Crippen molar-refractivity contribution in [3.8, 4) is 0 Å². The van der Waals surface area contributed by atoms with Crippen LogP contribution in [0.15, 0.2) is 42.6 Å². The summed E-state index contributed by atoms with van der Waals surface area (Å²) in [6, 6.07) is 10.9. The lowest BCUT2D eigenvalue weighted by atomic mass is 10.1. The van der Waals surface area contributed by atoms with Crippen molar-refractivity contribution in [1.29, 1.82) is 0 Å². The minimum absolute atomic E-state index is 0.0119. The predicted molar refractivity (Wildman–Crippen MR) is 115 cm³/mol. The van der Waals surface area contributed by atoms with Crippen LogP contribution in [0.5, 0.6) is 0 Å². The zero-order valence-electron chi connectivity index (χ0n) is 17.6. The number of carbonyl (C=O) groups excluding carboxylic acids is 3. The number of anilines is 2. The average molecular weight is 412 g/mol. The molecule has 1 aromatic heterocycles. The fourth-order valence-corrected chi connectivity index (χ4v) is 2.92. The first kappa shape index (κ1) is 23.0. The minimum atomic E-state index is -0.313. The highest BCUT2D eigenvalue weighted by Gasteiger charge is 2.20. The van der Waals surface area contributed by atoms with Crippen LogP contribution in [0.2, 0.25) is 0 Å². The van der Waals surface area contributed by atoms with Crippen LogP contribution in [0.3, 0.4) is 0 Å². The van der Waals surface area contributed by atoms with Gasteiger partial charge < -0.3 is 20.3 Å². The molecule has 0 spiro atoms. The Bertz CT molecular complexity index is 850. The van der Waals surface area contributed by atoms with Gasteiger partial charge in [-0.05, 0) is 49.2 Å². The zero-order valence-corrected chi connectivity index (χ0v) is 17.6. The van der Waals surface area contributed by atoms with Crippen molar-refractivity contribution in [2.45, 2.75) is 26.7 Å². The Balaban J connectivity index is 2.05. The first-order valence-electron chi connectivity index (χ1n) is 9.74. The molecular weight excluding hydrogens is 384 g/mol. The third kappa shape index (κ3) is 7.63. The number of pyridine rings is 1. The summed E-state index contributed by atoms with van der Waals surface area (Å²) < 4.78 is 4.93. The number of aromatic nitrogens is 1. The van der Waals surface area contributed by atoms with Gasteiger partial charge >= 0.3 is 0 Å². The van der Waals surface area contributed by atoms with Crippen LogP contribution < -0.4 is 15.5 Å². The monoisotopic (exact) mass is 412 g/mol. The first-order chi connectivity index (χ1) is 14.4. The standard InChI is InChI=1S/C22H28N4O4/c1-16-12-17(2)14-18(13-16)26(15-21(28)24-10-11-30-3)22(29)8-7-20(27)25-19-6-4-5-9-23-19/h4-6,9,12-14H,7-8,10-11,15H2,1-3H3,(H,24,28)(H,23,25,27). The minimum Gasteiger partial charge on any atom is -0.383 e. The predicted octanol–water partition coefficient (Wildman–Crippen LogP) is 2.21. The quantitative estimate of drug-likeness (QED) is 0.583. The van der Waals surface area contributed by atoms with E-state index in [2.05, 4.69) is 15.6 Å². The molecule has 0 aliphatic carbocycles. The van der Waals surface area contributed by atoms with E-state index in [1.807, 2.05) is 32.0 Å². The summed E-state index contributed by atoms with van der Waals surface area (Å²) in [6.07, 6.45) is 1.53. The van der Waals surface area contributed by atoms with E-state index in [-0.39, 0.29) is 37.1 Å². The molecule has 0 unspecified atom stereocenters. The van der Waals surface area contributed by atoms with Crippen LogP contribution in [0, 0.1) is 13.8 Å². The van der Waals surface area contributed by atoms with Crippen LogP contribution in [0.1, 0.15) is 24.0 Å². The molecule has 3 amide bonds. The van der Waals surface area contributed by atoms with Gasteiger partial charge in [-0.15, -0.1) is 0 Å². The van der Waals surface area contributed by atoms with Crippen LogP contribution in [0.4, 0.5) is 11.5 Å². The normalized spacial score (nSPS) is 10.4. The Kier molecular flexibility index (Phi) is 8.96. The summed E-state index contributed by atoms with van der Waals surface area (Å²) >= 11 is 0. The molecule has 2 rings (SSSR count). The number of nitrogens with one attached hydrogen (secondary N) is 2. The number of amides is 3. The largest absolute Gasteiger partial charge is 0.383 e. The molecule has 1 aromatic carbocycles. The molecule has 0 radical (unpaired) electrons. The third-order valence-corrected chi connectivity index (χ3v) is 4.25. The molecule has 0 saturated heterocycles. The molecule has 8 heteroatoms. The van der Waals surface area contributed by atoms with Gasteiger partial charge in [0.15, 0.2) is 0 Å². The summed E-state index contributed by atoms with van der Waals surface area (Å²) in [6.45, 7) is 4.47. The number of carbonyl (C=O) groups is 3. The van der Waals surface area contributed by atoms with Crippen LogP contribution in [-0.2, 0) is 19.1 Å². The van der Waals surface area contributed by atoms with Gasteiger partial charge in [0.05, 0.1) is 6.61 Å². The van der Waals surface area contributed by atoms with E-state index in [9.17, 15) is 14.4 Å². The Morgan fingerprint density at radius 3 is 2.40 bits per heavy atom. The SMILES string of the molecule is COCCNC(=O)CN(C(=O)CCC(=O)Nc1ccccn1)c1cc(C)cc(C)c1.